The molecule has 0 spiro atoms. The van der Waals surface area contributed by atoms with Gasteiger partial charge < -0.3 is 9.55 Å². The quantitative estimate of drug-likeness (QED) is 0.346. The van der Waals surface area contributed by atoms with E-state index in [1.165, 1.54) is 49.7 Å². The van der Waals surface area contributed by atoms with Crippen LogP contribution in [-0.2, 0) is 0 Å². The van der Waals surface area contributed by atoms with Gasteiger partial charge in [-0.25, -0.2) is 0 Å². The summed E-state index contributed by atoms with van der Waals surface area (Å²) in [4.78, 5) is 3.65. The standard InChI is InChI=1S/C26H18N2/c1-3-9-18(10-4-1)25-17-22-24(28(25)19-11-5-2-6-12-19)16-15-21-20-13-7-8-14-23(20)27-26(21)22/h1-17,27H. The molecule has 0 bridgehead atoms. The fourth-order valence-electron chi connectivity index (χ4n) is 4.28. The first-order chi connectivity index (χ1) is 13.9. The van der Waals surface area contributed by atoms with Gasteiger partial charge in [-0.2, -0.15) is 0 Å². The third-order valence-electron chi connectivity index (χ3n) is 5.55. The van der Waals surface area contributed by atoms with Crippen molar-refractivity contribution in [3.05, 3.63) is 103 Å². The van der Waals surface area contributed by atoms with Crippen LogP contribution in [-0.4, -0.2) is 9.55 Å². The molecule has 1 N–H and O–H groups in total. The summed E-state index contributed by atoms with van der Waals surface area (Å²) >= 11 is 0. The highest BCUT2D eigenvalue weighted by Crippen LogP contribution is 2.37. The zero-order valence-electron chi connectivity index (χ0n) is 15.3. The molecule has 0 aliphatic heterocycles. The minimum Gasteiger partial charge on any atom is -0.354 e. The number of H-pyrrole nitrogens is 1. The van der Waals surface area contributed by atoms with Crippen LogP contribution in [0.1, 0.15) is 0 Å². The summed E-state index contributed by atoms with van der Waals surface area (Å²) in [6, 6.07) is 36.5. The van der Waals surface area contributed by atoms with E-state index in [0.29, 0.717) is 0 Å². The summed E-state index contributed by atoms with van der Waals surface area (Å²) in [5.74, 6) is 0. The number of aromatic amines is 1. The maximum atomic E-state index is 3.65. The van der Waals surface area contributed by atoms with E-state index in [4.69, 9.17) is 0 Å². The maximum absolute atomic E-state index is 3.65. The van der Waals surface area contributed by atoms with E-state index in [1.54, 1.807) is 0 Å². The lowest BCUT2D eigenvalue weighted by Crippen LogP contribution is -1.96. The molecule has 2 heteroatoms. The molecule has 0 fully saturated rings. The first-order valence-corrected chi connectivity index (χ1v) is 9.56. The van der Waals surface area contributed by atoms with E-state index in [0.717, 1.165) is 0 Å². The predicted molar refractivity (Wildman–Crippen MR) is 118 cm³/mol. The van der Waals surface area contributed by atoms with Crippen molar-refractivity contribution >= 4 is 32.7 Å². The lowest BCUT2D eigenvalue weighted by molar-refractivity contribution is 1.13. The van der Waals surface area contributed by atoms with Crippen molar-refractivity contribution < 1.29 is 0 Å². The van der Waals surface area contributed by atoms with E-state index < -0.39 is 0 Å². The Morgan fingerprint density at radius 1 is 0.571 bits per heavy atom. The van der Waals surface area contributed by atoms with Gasteiger partial charge in [-0.05, 0) is 35.9 Å². The Balaban J connectivity index is 1.77. The van der Waals surface area contributed by atoms with E-state index in [2.05, 4.69) is 113 Å². The van der Waals surface area contributed by atoms with Gasteiger partial charge in [-0.3, -0.25) is 0 Å². The number of aromatic nitrogens is 2. The van der Waals surface area contributed by atoms with E-state index in [-0.39, 0.29) is 0 Å². The molecule has 0 saturated heterocycles. The minimum atomic E-state index is 1.17. The molecule has 28 heavy (non-hydrogen) atoms. The Hall–Kier alpha value is -3.78. The number of benzene rings is 4. The van der Waals surface area contributed by atoms with Crippen LogP contribution < -0.4 is 0 Å². The van der Waals surface area contributed by atoms with Gasteiger partial charge in [0.2, 0.25) is 0 Å². The molecule has 2 nitrogen and oxygen atoms in total. The summed E-state index contributed by atoms with van der Waals surface area (Å²) in [6.07, 6.45) is 0. The number of nitrogens with zero attached hydrogens (tertiary/aromatic N) is 1. The van der Waals surface area contributed by atoms with Gasteiger partial charge in [0.25, 0.3) is 0 Å². The molecule has 2 heterocycles. The molecule has 0 radical (unpaired) electrons. The van der Waals surface area contributed by atoms with Crippen molar-refractivity contribution in [3.63, 3.8) is 0 Å². The Bertz CT molecular complexity index is 1440. The summed E-state index contributed by atoms with van der Waals surface area (Å²) in [6.45, 7) is 0. The van der Waals surface area contributed by atoms with Crippen LogP contribution in [0.3, 0.4) is 0 Å². The second kappa shape index (κ2) is 5.86. The van der Waals surface area contributed by atoms with Crippen molar-refractivity contribution in [3.8, 4) is 16.9 Å². The van der Waals surface area contributed by atoms with Crippen LogP contribution in [0, 0.1) is 0 Å². The molecule has 6 aromatic rings. The molecular weight excluding hydrogens is 340 g/mol. The predicted octanol–water partition coefficient (Wildman–Crippen LogP) is 6.93. The Labute approximate surface area is 162 Å². The van der Waals surface area contributed by atoms with Crippen molar-refractivity contribution in [2.45, 2.75) is 0 Å². The van der Waals surface area contributed by atoms with Crippen LogP contribution in [0.25, 0.3) is 49.7 Å². The third-order valence-corrected chi connectivity index (χ3v) is 5.55. The number of hydrogen-bond donors (Lipinski definition) is 1. The van der Waals surface area contributed by atoms with E-state index >= 15 is 0 Å². The summed E-state index contributed by atoms with van der Waals surface area (Å²) in [7, 11) is 0. The van der Waals surface area contributed by atoms with Crippen molar-refractivity contribution in [2.24, 2.45) is 0 Å². The summed E-state index contributed by atoms with van der Waals surface area (Å²) in [5.41, 5.74) is 7.18. The van der Waals surface area contributed by atoms with Gasteiger partial charge in [0.1, 0.15) is 0 Å². The number of nitrogens with one attached hydrogen (secondary N) is 1. The topological polar surface area (TPSA) is 20.7 Å². The molecule has 4 aromatic carbocycles. The minimum absolute atomic E-state index is 1.17. The molecule has 132 valence electrons. The second-order valence-electron chi connectivity index (χ2n) is 7.16. The Kier molecular flexibility index (Phi) is 3.20. The number of rotatable bonds is 2. The second-order valence-corrected chi connectivity index (χ2v) is 7.16. The normalized spacial score (nSPS) is 11.6. The van der Waals surface area contributed by atoms with Crippen LogP contribution in [0.5, 0.6) is 0 Å². The first kappa shape index (κ1) is 15.3. The molecule has 0 amide bonds. The highest BCUT2D eigenvalue weighted by atomic mass is 15.0. The molecule has 0 aliphatic carbocycles. The van der Waals surface area contributed by atoms with Gasteiger partial charge >= 0.3 is 0 Å². The van der Waals surface area contributed by atoms with E-state index in [9.17, 15) is 0 Å². The van der Waals surface area contributed by atoms with Gasteiger partial charge in [-0.1, -0.05) is 72.8 Å². The van der Waals surface area contributed by atoms with Crippen molar-refractivity contribution in [1.82, 2.24) is 9.55 Å². The van der Waals surface area contributed by atoms with Gasteiger partial charge in [0, 0.05) is 27.4 Å². The SMILES string of the molecule is c1ccc(-c2cc3c4[nH]c5ccccc5c4ccc3n2-c2ccccc2)cc1. The third kappa shape index (κ3) is 2.15. The number of hydrogen-bond acceptors (Lipinski definition) is 0. The molecule has 2 aromatic heterocycles. The average Bonchev–Trinajstić information content (AvgIpc) is 3.33. The fraction of sp³-hybridized carbons (Fsp3) is 0. The maximum Gasteiger partial charge on any atom is 0.0560 e. The van der Waals surface area contributed by atoms with Crippen LogP contribution in [0.15, 0.2) is 103 Å². The number of fused-ring (bicyclic) bond motifs is 5. The molecule has 0 atom stereocenters. The highest BCUT2D eigenvalue weighted by Gasteiger charge is 2.16. The van der Waals surface area contributed by atoms with Gasteiger partial charge in [0.05, 0.1) is 16.7 Å². The van der Waals surface area contributed by atoms with Crippen LogP contribution in [0.4, 0.5) is 0 Å². The molecule has 6 rings (SSSR count). The highest BCUT2D eigenvalue weighted by molar-refractivity contribution is 6.17. The van der Waals surface area contributed by atoms with Crippen molar-refractivity contribution in [1.29, 1.82) is 0 Å². The molecule has 0 unspecified atom stereocenters. The monoisotopic (exact) mass is 358 g/mol. The zero-order chi connectivity index (χ0) is 18.5. The smallest absolute Gasteiger partial charge is 0.0560 e. The lowest BCUT2D eigenvalue weighted by atomic mass is 10.1. The Morgan fingerprint density at radius 3 is 2.11 bits per heavy atom. The molecular formula is C26H18N2. The Morgan fingerprint density at radius 2 is 1.29 bits per heavy atom. The van der Waals surface area contributed by atoms with Gasteiger partial charge in [0.15, 0.2) is 0 Å². The van der Waals surface area contributed by atoms with Crippen LogP contribution in [0.2, 0.25) is 0 Å². The molecule has 0 aliphatic rings. The number of para-hydroxylation sites is 2. The fourth-order valence-corrected chi connectivity index (χ4v) is 4.28. The summed E-state index contributed by atoms with van der Waals surface area (Å²) < 4.78 is 2.36. The summed E-state index contributed by atoms with van der Waals surface area (Å²) in [5, 5.41) is 3.79. The lowest BCUT2D eigenvalue weighted by Gasteiger charge is -2.11. The zero-order valence-corrected chi connectivity index (χ0v) is 15.3. The first-order valence-electron chi connectivity index (χ1n) is 9.56. The van der Waals surface area contributed by atoms with E-state index in [1.807, 2.05) is 0 Å². The van der Waals surface area contributed by atoms with Crippen LogP contribution >= 0.6 is 0 Å². The molecule has 0 saturated carbocycles. The van der Waals surface area contributed by atoms with Crippen molar-refractivity contribution in [2.75, 3.05) is 0 Å². The largest absolute Gasteiger partial charge is 0.354 e. The average molecular weight is 358 g/mol. The van der Waals surface area contributed by atoms with Gasteiger partial charge in [-0.15, -0.1) is 0 Å².